The summed E-state index contributed by atoms with van der Waals surface area (Å²) in [6, 6.07) is 4.19. The van der Waals surface area contributed by atoms with E-state index in [1.54, 1.807) is 6.20 Å². The van der Waals surface area contributed by atoms with Gasteiger partial charge in [0.1, 0.15) is 0 Å². The summed E-state index contributed by atoms with van der Waals surface area (Å²) in [6.45, 7) is 5.59. The summed E-state index contributed by atoms with van der Waals surface area (Å²) >= 11 is 0. The summed E-state index contributed by atoms with van der Waals surface area (Å²) < 4.78 is 1.94. The number of likely N-dealkylation sites (tertiary alicyclic amines) is 1. The zero-order valence-corrected chi connectivity index (χ0v) is 14.0. The van der Waals surface area contributed by atoms with Crippen molar-refractivity contribution in [2.24, 2.45) is 0 Å². The van der Waals surface area contributed by atoms with Gasteiger partial charge in [-0.3, -0.25) is 14.6 Å². The third-order valence-corrected chi connectivity index (χ3v) is 4.72. The summed E-state index contributed by atoms with van der Waals surface area (Å²) in [5.41, 5.74) is 3.76. The van der Waals surface area contributed by atoms with E-state index in [4.69, 9.17) is 0 Å². The molecule has 0 saturated carbocycles. The molecule has 1 amide bonds. The summed E-state index contributed by atoms with van der Waals surface area (Å²) in [5.74, 6) is 0.0827. The molecule has 1 unspecified atom stereocenters. The Kier molecular flexibility index (Phi) is 3.59. The Bertz CT molecular complexity index is 894. The zero-order chi connectivity index (χ0) is 16.7. The van der Waals surface area contributed by atoms with Crippen molar-refractivity contribution in [2.45, 2.75) is 39.3 Å². The van der Waals surface area contributed by atoms with Crippen molar-refractivity contribution in [3.63, 3.8) is 0 Å². The summed E-state index contributed by atoms with van der Waals surface area (Å²) in [4.78, 5) is 15.2. The Morgan fingerprint density at radius 1 is 1.29 bits per heavy atom. The standard InChI is InChI=1S/C18H21N5O/c1-12-6-14-9-19-21-17(14)16(7-12)18(24)23-5-3-4-15(23)11-22-10-13(2)8-20-22/h6-10,15H,3-5,11H2,1-2H3,(H,19,21). The Morgan fingerprint density at radius 2 is 2.17 bits per heavy atom. The van der Waals surface area contributed by atoms with Crippen LogP contribution in [0.5, 0.6) is 0 Å². The van der Waals surface area contributed by atoms with Crippen molar-refractivity contribution in [1.29, 1.82) is 0 Å². The first kappa shape index (κ1) is 14.9. The molecule has 1 aromatic carbocycles. The number of fused-ring (bicyclic) bond motifs is 1. The van der Waals surface area contributed by atoms with E-state index in [0.717, 1.165) is 48.0 Å². The van der Waals surface area contributed by atoms with Crippen LogP contribution in [0.4, 0.5) is 0 Å². The fourth-order valence-electron chi connectivity index (χ4n) is 3.61. The van der Waals surface area contributed by atoms with Gasteiger partial charge in [0, 0.05) is 18.1 Å². The van der Waals surface area contributed by atoms with Crippen LogP contribution in [0.2, 0.25) is 0 Å². The van der Waals surface area contributed by atoms with Gasteiger partial charge in [-0.2, -0.15) is 10.2 Å². The number of carbonyl (C=O) groups excluding carboxylic acids is 1. The van der Waals surface area contributed by atoms with Gasteiger partial charge in [-0.25, -0.2) is 0 Å². The number of nitrogens with one attached hydrogen (secondary N) is 1. The van der Waals surface area contributed by atoms with Gasteiger partial charge in [-0.1, -0.05) is 0 Å². The van der Waals surface area contributed by atoms with Crippen molar-refractivity contribution in [2.75, 3.05) is 6.54 Å². The van der Waals surface area contributed by atoms with Gasteiger partial charge < -0.3 is 4.90 Å². The lowest BCUT2D eigenvalue weighted by atomic mass is 10.1. The Balaban J connectivity index is 1.63. The smallest absolute Gasteiger partial charge is 0.256 e. The first-order chi connectivity index (χ1) is 11.6. The van der Waals surface area contributed by atoms with Crippen LogP contribution in [0, 0.1) is 13.8 Å². The quantitative estimate of drug-likeness (QED) is 0.806. The maximum absolute atomic E-state index is 13.2. The molecule has 1 atom stereocenters. The highest BCUT2D eigenvalue weighted by atomic mass is 16.2. The summed E-state index contributed by atoms with van der Waals surface area (Å²) in [7, 11) is 0. The molecule has 3 heterocycles. The molecular weight excluding hydrogens is 302 g/mol. The van der Waals surface area contributed by atoms with Crippen molar-refractivity contribution >= 4 is 16.8 Å². The molecule has 4 rings (SSSR count). The number of hydrogen-bond donors (Lipinski definition) is 1. The number of carbonyl (C=O) groups is 1. The van der Waals surface area contributed by atoms with E-state index in [9.17, 15) is 4.79 Å². The molecule has 3 aromatic rings. The highest BCUT2D eigenvalue weighted by Gasteiger charge is 2.31. The predicted octanol–water partition coefficient (Wildman–Crippen LogP) is 2.68. The number of rotatable bonds is 3. The van der Waals surface area contributed by atoms with Crippen LogP contribution in [0.15, 0.2) is 30.7 Å². The summed E-state index contributed by atoms with van der Waals surface area (Å²) in [6.07, 6.45) is 7.71. The molecule has 1 aliphatic rings. The molecule has 0 spiro atoms. The van der Waals surface area contributed by atoms with Gasteiger partial charge in [-0.15, -0.1) is 0 Å². The third-order valence-electron chi connectivity index (χ3n) is 4.72. The molecule has 1 saturated heterocycles. The van der Waals surface area contributed by atoms with Gasteiger partial charge in [0.15, 0.2) is 0 Å². The van der Waals surface area contributed by atoms with Gasteiger partial charge in [0.25, 0.3) is 5.91 Å². The van der Waals surface area contributed by atoms with Crippen LogP contribution in [-0.2, 0) is 6.54 Å². The van der Waals surface area contributed by atoms with E-state index in [2.05, 4.69) is 15.3 Å². The number of aromatic amines is 1. The lowest BCUT2D eigenvalue weighted by Crippen LogP contribution is -2.38. The predicted molar refractivity (Wildman–Crippen MR) is 91.9 cm³/mol. The SMILES string of the molecule is Cc1cc(C(=O)N2CCCC2Cn2cc(C)cn2)c2[nH]ncc2c1. The van der Waals surface area contributed by atoms with Gasteiger partial charge in [0.2, 0.25) is 0 Å². The first-order valence-electron chi connectivity index (χ1n) is 8.35. The lowest BCUT2D eigenvalue weighted by molar-refractivity contribution is 0.0723. The lowest BCUT2D eigenvalue weighted by Gasteiger charge is -2.25. The number of aromatic nitrogens is 4. The molecule has 1 aliphatic heterocycles. The third kappa shape index (κ3) is 2.58. The molecule has 0 radical (unpaired) electrons. The fraction of sp³-hybridized carbons (Fsp3) is 0.389. The van der Waals surface area contributed by atoms with E-state index >= 15 is 0 Å². The van der Waals surface area contributed by atoms with Gasteiger partial charge >= 0.3 is 0 Å². The molecule has 6 nitrogen and oxygen atoms in total. The molecule has 1 N–H and O–H groups in total. The molecular formula is C18H21N5O. The van der Waals surface area contributed by atoms with Crippen LogP contribution < -0.4 is 0 Å². The molecule has 6 heteroatoms. The van der Waals surface area contributed by atoms with E-state index in [1.807, 2.05) is 48.0 Å². The van der Waals surface area contributed by atoms with E-state index in [1.165, 1.54) is 0 Å². The summed E-state index contributed by atoms with van der Waals surface area (Å²) in [5, 5.41) is 12.4. The second-order valence-corrected chi connectivity index (χ2v) is 6.68. The van der Waals surface area contributed by atoms with Crippen LogP contribution in [0.3, 0.4) is 0 Å². The van der Waals surface area contributed by atoms with Crippen molar-refractivity contribution in [3.05, 3.63) is 47.4 Å². The molecule has 0 aliphatic carbocycles. The Morgan fingerprint density at radius 3 is 2.96 bits per heavy atom. The topological polar surface area (TPSA) is 66.8 Å². The van der Waals surface area contributed by atoms with Crippen LogP contribution in [-0.4, -0.2) is 43.4 Å². The van der Waals surface area contributed by atoms with Crippen LogP contribution in [0.25, 0.3) is 10.9 Å². The number of hydrogen-bond acceptors (Lipinski definition) is 3. The minimum Gasteiger partial charge on any atom is -0.334 e. The second-order valence-electron chi connectivity index (χ2n) is 6.68. The highest BCUT2D eigenvalue weighted by molar-refractivity contribution is 6.05. The van der Waals surface area contributed by atoms with Gasteiger partial charge in [-0.05, 0) is 49.9 Å². The minimum absolute atomic E-state index is 0.0827. The number of nitrogens with zero attached hydrogens (tertiary/aromatic N) is 4. The molecule has 2 aromatic heterocycles. The van der Waals surface area contributed by atoms with Crippen molar-refractivity contribution < 1.29 is 4.79 Å². The van der Waals surface area contributed by atoms with Crippen LogP contribution in [0.1, 0.15) is 34.3 Å². The van der Waals surface area contributed by atoms with E-state index in [-0.39, 0.29) is 11.9 Å². The molecule has 24 heavy (non-hydrogen) atoms. The minimum atomic E-state index is 0.0827. The second kappa shape index (κ2) is 5.78. The monoisotopic (exact) mass is 323 g/mol. The molecule has 1 fully saturated rings. The van der Waals surface area contributed by atoms with Gasteiger partial charge in [0.05, 0.1) is 36.1 Å². The fourth-order valence-corrected chi connectivity index (χ4v) is 3.61. The van der Waals surface area contributed by atoms with E-state index in [0.29, 0.717) is 5.56 Å². The molecule has 0 bridgehead atoms. The van der Waals surface area contributed by atoms with Crippen molar-refractivity contribution in [3.8, 4) is 0 Å². The Labute approximate surface area is 140 Å². The molecule has 124 valence electrons. The van der Waals surface area contributed by atoms with Crippen LogP contribution >= 0.6 is 0 Å². The average molecular weight is 323 g/mol. The first-order valence-corrected chi connectivity index (χ1v) is 8.35. The normalized spacial score (nSPS) is 17.8. The zero-order valence-electron chi connectivity index (χ0n) is 14.0. The largest absolute Gasteiger partial charge is 0.334 e. The maximum atomic E-state index is 13.2. The Hall–Kier alpha value is -2.63. The highest BCUT2D eigenvalue weighted by Crippen LogP contribution is 2.25. The maximum Gasteiger partial charge on any atom is 0.256 e. The number of H-pyrrole nitrogens is 1. The van der Waals surface area contributed by atoms with Crippen molar-refractivity contribution in [1.82, 2.24) is 24.9 Å². The number of amides is 1. The number of benzene rings is 1. The number of aryl methyl sites for hydroxylation is 2. The average Bonchev–Trinajstić information content (AvgIpc) is 3.27. The van der Waals surface area contributed by atoms with E-state index < -0.39 is 0 Å².